The summed E-state index contributed by atoms with van der Waals surface area (Å²) in [5, 5.41) is 6.91. The van der Waals surface area contributed by atoms with Gasteiger partial charge in [-0.1, -0.05) is 12.1 Å². The van der Waals surface area contributed by atoms with Crippen LogP contribution in [0.4, 0.5) is 5.69 Å². The molecule has 0 radical (unpaired) electrons. The van der Waals surface area contributed by atoms with Gasteiger partial charge in [0.05, 0.1) is 35.2 Å². The van der Waals surface area contributed by atoms with Crippen molar-refractivity contribution >= 4 is 49.6 Å². The van der Waals surface area contributed by atoms with E-state index in [0.29, 0.717) is 34.4 Å². The predicted octanol–water partition coefficient (Wildman–Crippen LogP) is 5.08. The zero-order valence-corrected chi connectivity index (χ0v) is 22.8. The van der Waals surface area contributed by atoms with Gasteiger partial charge >= 0.3 is 0 Å². The molecule has 6 aromatic rings. The number of aromatic nitrogens is 5. The van der Waals surface area contributed by atoms with Crippen molar-refractivity contribution in [2.24, 2.45) is 0 Å². The molecule has 0 N–H and O–H groups in total. The molecule has 0 amide bonds. The summed E-state index contributed by atoms with van der Waals surface area (Å²) >= 11 is 4.51. The SMILES string of the molecule is Cc1nc(-c2cccc(N(Cc3cc(=O)n4c(C)csc4n3)Cc3cc(=O)n4c(C)csc4n3)c2)cs1. The van der Waals surface area contributed by atoms with Crippen LogP contribution in [0.3, 0.4) is 0 Å². The number of thiazole rings is 3. The van der Waals surface area contributed by atoms with Crippen LogP contribution < -0.4 is 16.0 Å². The molecule has 0 fully saturated rings. The fraction of sp³-hybridized carbons (Fsp3) is 0.192. The number of rotatable bonds is 6. The van der Waals surface area contributed by atoms with Crippen LogP contribution >= 0.6 is 34.0 Å². The molecular weight excluding hydrogens is 525 g/mol. The van der Waals surface area contributed by atoms with Crippen molar-refractivity contribution in [2.75, 3.05) is 4.90 Å². The number of anilines is 1. The van der Waals surface area contributed by atoms with E-state index >= 15 is 0 Å². The lowest BCUT2D eigenvalue weighted by atomic mass is 10.1. The number of benzene rings is 1. The third-order valence-corrected chi connectivity index (χ3v) is 8.75. The molecule has 6 rings (SSSR count). The Bertz CT molecular complexity index is 1800. The first-order valence-electron chi connectivity index (χ1n) is 11.6. The average Bonchev–Trinajstić information content (AvgIpc) is 3.58. The summed E-state index contributed by atoms with van der Waals surface area (Å²) in [5.41, 5.74) is 5.71. The van der Waals surface area contributed by atoms with Gasteiger partial charge in [0.25, 0.3) is 11.1 Å². The molecule has 5 heterocycles. The summed E-state index contributed by atoms with van der Waals surface area (Å²) in [6.45, 7) is 6.55. The van der Waals surface area contributed by atoms with E-state index in [4.69, 9.17) is 9.97 Å². The summed E-state index contributed by atoms with van der Waals surface area (Å²) in [6, 6.07) is 11.3. The van der Waals surface area contributed by atoms with Gasteiger partial charge in [0, 0.05) is 50.9 Å². The lowest BCUT2D eigenvalue weighted by Gasteiger charge is -2.25. The molecule has 0 saturated carbocycles. The third kappa shape index (κ3) is 4.50. The first-order valence-corrected chi connectivity index (χ1v) is 14.2. The van der Waals surface area contributed by atoms with Crippen LogP contribution in [-0.2, 0) is 13.1 Å². The second kappa shape index (κ2) is 9.33. The molecule has 8 nitrogen and oxygen atoms in total. The first kappa shape index (κ1) is 23.7. The molecule has 0 bridgehead atoms. The topological polar surface area (TPSA) is 84.9 Å². The molecule has 0 atom stereocenters. The van der Waals surface area contributed by atoms with Crippen molar-refractivity contribution in [3.05, 3.63) is 101 Å². The number of hydrogen-bond acceptors (Lipinski definition) is 9. The third-order valence-electron chi connectivity index (χ3n) is 6.09. The van der Waals surface area contributed by atoms with Gasteiger partial charge in [-0.3, -0.25) is 18.4 Å². The largest absolute Gasteiger partial charge is 0.360 e. The fourth-order valence-corrected chi connectivity index (χ4v) is 6.75. The Kier molecular flexibility index (Phi) is 5.98. The smallest absolute Gasteiger partial charge is 0.259 e. The van der Waals surface area contributed by atoms with Gasteiger partial charge in [-0.25, -0.2) is 15.0 Å². The van der Waals surface area contributed by atoms with Crippen LogP contribution in [-0.4, -0.2) is 23.8 Å². The maximum Gasteiger partial charge on any atom is 0.259 e. The molecule has 1 aromatic carbocycles. The lowest BCUT2D eigenvalue weighted by molar-refractivity contribution is 0.760. The fourth-order valence-electron chi connectivity index (χ4n) is 4.35. The van der Waals surface area contributed by atoms with Crippen molar-refractivity contribution in [3.8, 4) is 11.3 Å². The second-order valence-electron chi connectivity index (χ2n) is 8.82. The van der Waals surface area contributed by atoms with Crippen LogP contribution in [0.2, 0.25) is 0 Å². The number of fused-ring (bicyclic) bond motifs is 2. The monoisotopic (exact) mass is 546 g/mol. The predicted molar refractivity (Wildman–Crippen MR) is 150 cm³/mol. The van der Waals surface area contributed by atoms with E-state index in [1.165, 1.54) is 22.7 Å². The Hall–Kier alpha value is -3.67. The van der Waals surface area contributed by atoms with Crippen LogP contribution in [0.1, 0.15) is 27.8 Å². The molecule has 0 unspecified atom stereocenters. The van der Waals surface area contributed by atoms with Gasteiger partial charge < -0.3 is 4.90 Å². The van der Waals surface area contributed by atoms with Crippen molar-refractivity contribution in [3.63, 3.8) is 0 Å². The summed E-state index contributed by atoms with van der Waals surface area (Å²) in [5.74, 6) is 0. The minimum absolute atomic E-state index is 0.0998. The van der Waals surface area contributed by atoms with Crippen LogP contribution in [0.25, 0.3) is 21.2 Å². The zero-order valence-electron chi connectivity index (χ0n) is 20.3. The van der Waals surface area contributed by atoms with Crippen molar-refractivity contribution in [1.82, 2.24) is 23.8 Å². The summed E-state index contributed by atoms with van der Waals surface area (Å²) in [7, 11) is 0. The number of hydrogen-bond donors (Lipinski definition) is 0. The molecule has 11 heteroatoms. The standard InChI is InChI=1S/C26H22N6O2S3/c1-15-12-36-25-28-19(8-23(33)31(15)25)10-30(11-20-9-24(34)32-16(2)13-37-26(32)29-20)21-6-4-5-18(7-21)22-14-35-17(3)27-22/h4-9,12-14H,10-11H2,1-3H3. The van der Waals surface area contributed by atoms with E-state index in [0.717, 1.165) is 33.3 Å². The quantitative estimate of drug-likeness (QED) is 0.290. The maximum absolute atomic E-state index is 12.8. The Morgan fingerprint density at radius 3 is 1.89 bits per heavy atom. The minimum atomic E-state index is -0.0998. The Morgan fingerprint density at radius 1 is 0.757 bits per heavy atom. The summed E-state index contributed by atoms with van der Waals surface area (Å²) in [4.78, 5) is 43.3. The molecule has 0 aliphatic carbocycles. The van der Waals surface area contributed by atoms with Crippen molar-refractivity contribution in [1.29, 1.82) is 0 Å². The molecule has 0 saturated heterocycles. The molecular formula is C26H22N6O2S3. The molecule has 0 spiro atoms. The van der Waals surface area contributed by atoms with E-state index in [9.17, 15) is 9.59 Å². The highest BCUT2D eigenvalue weighted by Crippen LogP contribution is 2.28. The second-order valence-corrected chi connectivity index (χ2v) is 11.6. The van der Waals surface area contributed by atoms with Gasteiger partial charge in [0.15, 0.2) is 9.92 Å². The van der Waals surface area contributed by atoms with E-state index in [-0.39, 0.29) is 11.1 Å². The molecule has 0 aliphatic heterocycles. The zero-order chi connectivity index (χ0) is 25.7. The van der Waals surface area contributed by atoms with E-state index in [2.05, 4.69) is 16.0 Å². The maximum atomic E-state index is 12.8. The van der Waals surface area contributed by atoms with Crippen molar-refractivity contribution in [2.45, 2.75) is 33.9 Å². The molecule has 37 heavy (non-hydrogen) atoms. The van der Waals surface area contributed by atoms with Crippen molar-refractivity contribution < 1.29 is 0 Å². The van der Waals surface area contributed by atoms with E-state index in [1.807, 2.05) is 55.1 Å². The highest BCUT2D eigenvalue weighted by atomic mass is 32.1. The van der Waals surface area contributed by atoms with E-state index in [1.54, 1.807) is 32.3 Å². The average molecular weight is 547 g/mol. The van der Waals surface area contributed by atoms with Gasteiger partial charge in [0.2, 0.25) is 0 Å². The summed E-state index contributed by atoms with van der Waals surface area (Å²) in [6.07, 6.45) is 0. The minimum Gasteiger partial charge on any atom is -0.360 e. The Morgan fingerprint density at radius 2 is 1.35 bits per heavy atom. The molecule has 0 aliphatic rings. The number of aryl methyl sites for hydroxylation is 3. The normalized spacial score (nSPS) is 11.5. The van der Waals surface area contributed by atoms with E-state index < -0.39 is 0 Å². The summed E-state index contributed by atoms with van der Waals surface area (Å²) < 4.78 is 3.25. The lowest BCUT2D eigenvalue weighted by Crippen LogP contribution is -2.26. The first-order chi connectivity index (χ1) is 17.9. The molecule has 186 valence electrons. The van der Waals surface area contributed by atoms with Gasteiger partial charge in [-0.15, -0.1) is 34.0 Å². The Labute approximate surface area is 223 Å². The van der Waals surface area contributed by atoms with Crippen LogP contribution in [0.15, 0.2) is 62.1 Å². The number of nitrogens with zero attached hydrogens (tertiary/aromatic N) is 6. The Balaban J connectivity index is 1.43. The highest BCUT2D eigenvalue weighted by Gasteiger charge is 2.16. The van der Waals surface area contributed by atoms with Gasteiger partial charge in [-0.2, -0.15) is 0 Å². The van der Waals surface area contributed by atoms with Crippen LogP contribution in [0, 0.1) is 20.8 Å². The molecule has 5 aromatic heterocycles. The highest BCUT2D eigenvalue weighted by molar-refractivity contribution is 7.15. The van der Waals surface area contributed by atoms with Crippen LogP contribution in [0.5, 0.6) is 0 Å². The van der Waals surface area contributed by atoms with Gasteiger partial charge in [-0.05, 0) is 32.9 Å². The van der Waals surface area contributed by atoms with Gasteiger partial charge in [0.1, 0.15) is 0 Å².